The second-order valence-corrected chi connectivity index (χ2v) is 5.64. The number of thioether (sulfide) groups is 1. The van der Waals surface area contributed by atoms with Gasteiger partial charge in [0.05, 0.1) is 4.91 Å². The van der Waals surface area contributed by atoms with Crippen LogP contribution in [0.3, 0.4) is 0 Å². The highest BCUT2D eigenvalue weighted by atomic mass is 32.2. The van der Waals surface area contributed by atoms with Crippen LogP contribution in [-0.2, 0) is 9.59 Å². The van der Waals surface area contributed by atoms with Gasteiger partial charge in [-0.1, -0.05) is 24.3 Å². The SMILES string of the molecule is CNC(=O)S/C(C=O)=C\c1ccc(C2=CC=C(C=O)CC=C2)o1.CO. The molecule has 132 valence electrons. The van der Waals surface area contributed by atoms with Crippen LogP contribution in [0.25, 0.3) is 11.6 Å². The van der Waals surface area contributed by atoms with E-state index >= 15 is 0 Å². The van der Waals surface area contributed by atoms with Crippen LogP contribution < -0.4 is 5.32 Å². The van der Waals surface area contributed by atoms with Crippen molar-refractivity contribution in [2.75, 3.05) is 14.2 Å². The monoisotopic (exact) mass is 361 g/mol. The van der Waals surface area contributed by atoms with Crippen molar-refractivity contribution in [1.29, 1.82) is 0 Å². The Labute approximate surface area is 150 Å². The first kappa shape index (κ1) is 20.4. The van der Waals surface area contributed by atoms with Gasteiger partial charge in [0.15, 0.2) is 6.29 Å². The first-order valence-corrected chi connectivity index (χ1v) is 8.12. The largest absolute Gasteiger partial charge is 0.457 e. The fourth-order valence-corrected chi connectivity index (χ4v) is 2.40. The lowest BCUT2D eigenvalue weighted by molar-refractivity contribution is -0.105. The molecule has 1 heterocycles. The molecule has 7 heteroatoms. The third-order valence-electron chi connectivity index (χ3n) is 3.01. The third-order valence-corrected chi connectivity index (χ3v) is 3.85. The van der Waals surface area contributed by atoms with Crippen molar-refractivity contribution in [3.63, 3.8) is 0 Å². The van der Waals surface area contributed by atoms with E-state index < -0.39 is 0 Å². The van der Waals surface area contributed by atoms with Gasteiger partial charge >= 0.3 is 0 Å². The molecule has 0 radical (unpaired) electrons. The summed E-state index contributed by atoms with van der Waals surface area (Å²) in [7, 11) is 2.49. The fourth-order valence-electron chi connectivity index (χ4n) is 1.87. The second-order valence-electron chi connectivity index (χ2n) is 4.59. The summed E-state index contributed by atoms with van der Waals surface area (Å²) in [4.78, 5) is 33.3. The van der Waals surface area contributed by atoms with Gasteiger partial charge in [-0.3, -0.25) is 14.4 Å². The fraction of sp³-hybridized carbons (Fsp3) is 0.167. The minimum atomic E-state index is -0.323. The van der Waals surface area contributed by atoms with Crippen LogP contribution in [0.5, 0.6) is 0 Å². The molecule has 1 aromatic heterocycles. The Bertz CT molecular complexity index is 740. The number of nitrogens with one attached hydrogen (secondary N) is 1. The van der Waals surface area contributed by atoms with Crippen LogP contribution >= 0.6 is 11.8 Å². The normalized spacial score (nSPS) is 13.6. The molecule has 0 saturated carbocycles. The summed E-state index contributed by atoms with van der Waals surface area (Å²) < 4.78 is 5.68. The first-order valence-electron chi connectivity index (χ1n) is 7.30. The summed E-state index contributed by atoms with van der Waals surface area (Å²) in [5, 5.41) is 9.11. The van der Waals surface area contributed by atoms with E-state index in [2.05, 4.69) is 5.32 Å². The zero-order valence-corrected chi connectivity index (χ0v) is 14.7. The topological polar surface area (TPSA) is 96.6 Å². The number of aliphatic hydroxyl groups excluding tert-OH is 1. The number of carbonyl (C=O) groups is 3. The van der Waals surface area contributed by atoms with Gasteiger partial charge in [0.1, 0.15) is 17.8 Å². The summed E-state index contributed by atoms with van der Waals surface area (Å²) in [6.45, 7) is 0. The van der Waals surface area contributed by atoms with Crippen molar-refractivity contribution in [1.82, 2.24) is 5.32 Å². The van der Waals surface area contributed by atoms with Crippen LogP contribution in [0.2, 0.25) is 0 Å². The van der Waals surface area contributed by atoms with E-state index in [1.54, 1.807) is 24.3 Å². The van der Waals surface area contributed by atoms with E-state index in [1.807, 2.05) is 12.2 Å². The Kier molecular flexibility index (Phi) is 8.99. The summed E-state index contributed by atoms with van der Waals surface area (Å²) in [5.41, 5.74) is 1.52. The average Bonchev–Trinajstić information content (AvgIpc) is 2.98. The number of allylic oxidation sites excluding steroid dienone is 7. The quantitative estimate of drug-likeness (QED) is 0.618. The summed E-state index contributed by atoms with van der Waals surface area (Å²) >= 11 is 0.797. The van der Waals surface area contributed by atoms with Gasteiger partial charge in [-0.15, -0.1) is 0 Å². The molecule has 1 aromatic rings. The van der Waals surface area contributed by atoms with E-state index in [9.17, 15) is 14.4 Å². The molecule has 0 aromatic carbocycles. The Hall–Kier alpha value is -2.64. The molecular weight excluding hydrogens is 342 g/mol. The lowest BCUT2D eigenvalue weighted by atomic mass is 10.2. The van der Waals surface area contributed by atoms with Crippen LogP contribution in [0.15, 0.2) is 51.3 Å². The summed E-state index contributed by atoms with van der Waals surface area (Å²) in [6, 6.07) is 3.49. The Morgan fingerprint density at radius 2 is 2.04 bits per heavy atom. The lowest BCUT2D eigenvalue weighted by Crippen LogP contribution is -2.11. The molecule has 1 aliphatic carbocycles. The number of rotatable bonds is 5. The number of aliphatic hydroxyl groups is 1. The van der Waals surface area contributed by atoms with Gasteiger partial charge in [0.25, 0.3) is 5.24 Å². The third kappa shape index (κ3) is 6.40. The predicted octanol–water partition coefficient (Wildman–Crippen LogP) is 2.97. The molecule has 2 rings (SSSR count). The highest BCUT2D eigenvalue weighted by molar-refractivity contribution is 8.17. The smallest absolute Gasteiger partial charge is 0.283 e. The average molecular weight is 361 g/mol. The van der Waals surface area contributed by atoms with Gasteiger partial charge < -0.3 is 14.8 Å². The van der Waals surface area contributed by atoms with Crippen molar-refractivity contribution < 1.29 is 23.9 Å². The minimum absolute atomic E-state index is 0.249. The van der Waals surface area contributed by atoms with Gasteiger partial charge in [-0.2, -0.15) is 0 Å². The van der Waals surface area contributed by atoms with E-state index in [-0.39, 0.29) is 10.1 Å². The minimum Gasteiger partial charge on any atom is -0.457 e. The molecule has 6 nitrogen and oxygen atoms in total. The Morgan fingerprint density at radius 3 is 2.68 bits per heavy atom. The molecule has 0 fully saturated rings. The lowest BCUT2D eigenvalue weighted by Gasteiger charge is -1.98. The van der Waals surface area contributed by atoms with Crippen molar-refractivity contribution in [2.45, 2.75) is 6.42 Å². The number of aldehydes is 2. The van der Waals surface area contributed by atoms with E-state index in [1.165, 1.54) is 13.1 Å². The van der Waals surface area contributed by atoms with Crippen LogP contribution in [-0.4, -0.2) is 37.1 Å². The molecule has 0 unspecified atom stereocenters. The molecule has 0 aliphatic heterocycles. The predicted molar refractivity (Wildman–Crippen MR) is 98.8 cm³/mol. The summed E-state index contributed by atoms with van der Waals surface area (Å²) in [6.07, 6.45) is 10.8. The molecule has 2 N–H and O–H groups in total. The van der Waals surface area contributed by atoms with Crippen LogP contribution in [0.4, 0.5) is 4.79 Å². The van der Waals surface area contributed by atoms with Crippen LogP contribution in [0, 0.1) is 0 Å². The standard InChI is InChI=1S/C17H15NO4S.CH4O/c1-18-17(21)23-15(11-20)9-14-7-8-16(22-14)13-4-2-3-12(10-19)5-6-13;1-2/h2,4-11H,3H2,1H3,(H,18,21);2H,1H3/b15-9-;. The molecule has 1 aliphatic rings. The van der Waals surface area contributed by atoms with Crippen LogP contribution in [0.1, 0.15) is 17.9 Å². The maximum Gasteiger partial charge on any atom is 0.283 e. The zero-order valence-electron chi connectivity index (χ0n) is 13.9. The van der Waals surface area contributed by atoms with Crippen molar-refractivity contribution in [2.24, 2.45) is 0 Å². The van der Waals surface area contributed by atoms with Gasteiger partial charge in [0, 0.05) is 19.7 Å². The number of furan rings is 1. The molecule has 25 heavy (non-hydrogen) atoms. The highest BCUT2D eigenvalue weighted by Gasteiger charge is 2.09. The number of hydrogen-bond acceptors (Lipinski definition) is 6. The number of carbonyl (C=O) groups excluding carboxylic acids is 3. The van der Waals surface area contributed by atoms with Gasteiger partial charge in [0.2, 0.25) is 0 Å². The van der Waals surface area contributed by atoms with E-state index in [0.717, 1.165) is 30.7 Å². The van der Waals surface area contributed by atoms with Crippen molar-refractivity contribution in [3.05, 3.63) is 58.4 Å². The maximum absolute atomic E-state index is 11.3. The molecule has 0 saturated heterocycles. The summed E-state index contributed by atoms with van der Waals surface area (Å²) in [5.74, 6) is 1.09. The van der Waals surface area contributed by atoms with E-state index in [0.29, 0.717) is 29.8 Å². The molecule has 0 atom stereocenters. The molecular formula is C18H19NO5S. The Morgan fingerprint density at radius 1 is 1.28 bits per heavy atom. The van der Waals surface area contributed by atoms with Gasteiger partial charge in [-0.05, 0) is 42.0 Å². The van der Waals surface area contributed by atoms with Crippen molar-refractivity contribution in [3.8, 4) is 0 Å². The molecule has 1 amide bonds. The maximum atomic E-state index is 11.3. The van der Waals surface area contributed by atoms with E-state index in [4.69, 9.17) is 9.52 Å². The van der Waals surface area contributed by atoms with Gasteiger partial charge in [-0.25, -0.2) is 0 Å². The van der Waals surface area contributed by atoms with Crippen molar-refractivity contribution >= 4 is 41.2 Å². The molecule has 0 spiro atoms. The highest BCUT2D eigenvalue weighted by Crippen LogP contribution is 2.25. The molecule has 0 bridgehead atoms. The number of hydrogen-bond donors (Lipinski definition) is 2. The second kappa shape index (κ2) is 11.0. The first-order chi connectivity index (χ1) is 12.2. The zero-order chi connectivity index (χ0) is 18.7. The number of amides is 1. The Balaban J connectivity index is 0.00000151.